The summed E-state index contributed by atoms with van der Waals surface area (Å²) in [5.74, 6) is 0. The fourth-order valence-corrected chi connectivity index (χ4v) is 2.19. The van der Waals surface area contributed by atoms with Crippen molar-refractivity contribution in [3.63, 3.8) is 0 Å². The summed E-state index contributed by atoms with van der Waals surface area (Å²) in [7, 11) is 0. The molecule has 96 valence electrons. The fraction of sp³-hybridized carbons (Fsp3) is 0.357. The molecule has 0 amide bonds. The van der Waals surface area contributed by atoms with Crippen LogP contribution >= 0.6 is 12.2 Å². The molecule has 2 rings (SSSR count). The van der Waals surface area contributed by atoms with Gasteiger partial charge in [0.1, 0.15) is 0 Å². The molecule has 0 radical (unpaired) electrons. The summed E-state index contributed by atoms with van der Waals surface area (Å²) in [5, 5.41) is 0. The first-order valence-corrected chi connectivity index (χ1v) is 6.40. The Hall–Kier alpha value is -1.39. The number of hydrogen-bond donors (Lipinski definition) is 1. The maximum atomic E-state index is 5.52. The quantitative estimate of drug-likeness (QED) is 0.507. The van der Waals surface area contributed by atoms with E-state index in [-0.39, 0.29) is 0 Å². The number of nitrogens with zero attached hydrogens (tertiary/aromatic N) is 1. The maximum absolute atomic E-state index is 5.52. The van der Waals surface area contributed by atoms with Crippen LogP contribution in [0.4, 0.5) is 0 Å². The van der Waals surface area contributed by atoms with E-state index in [1.165, 1.54) is 5.56 Å². The Kier molecular flexibility index (Phi) is 3.99. The van der Waals surface area contributed by atoms with Gasteiger partial charge in [0.05, 0.1) is 24.2 Å². The van der Waals surface area contributed by atoms with Gasteiger partial charge in [-0.25, -0.2) is 0 Å². The summed E-state index contributed by atoms with van der Waals surface area (Å²) in [6.07, 6.45) is 0. The lowest BCUT2D eigenvalue weighted by atomic mass is 10.2. The van der Waals surface area contributed by atoms with Crippen molar-refractivity contribution in [1.82, 2.24) is 9.55 Å². The molecule has 0 saturated carbocycles. The van der Waals surface area contributed by atoms with Crippen LogP contribution in [0.25, 0.3) is 11.0 Å². The zero-order chi connectivity index (χ0) is 13.1. The van der Waals surface area contributed by atoms with Gasteiger partial charge in [-0.1, -0.05) is 18.2 Å². The van der Waals surface area contributed by atoms with Gasteiger partial charge >= 0.3 is 0 Å². The van der Waals surface area contributed by atoms with Crippen LogP contribution in [-0.4, -0.2) is 22.8 Å². The molecule has 0 atom stereocenters. The van der Waals surface area contributed by atoms with Gasteiger partial charge in [-0.15, -0.1) is 0 Å². The minimum absolute atomic E-state index is 0.606. The Morgan fingerprint density at radius 2 is 2.28 bits per heavy atom. The van der Waals surface area contributed by atoms with E-state index in [1.54, 1.807) is 0 Å². The van der Waals surface area contributed by atoms with Gasteiger partial charge in [0.15, 0.2) is 4.77 Å². The van der Waals surface area contributed by atoms with E-state index in [4.69, 9.17) is 17.0 Å². The molecule has 0 unspecified atom stereocenters. The summed E-state index contributed by atoms with van der Waals surface area (Å²) < 4.78 is 8.35. The molecule has 4 heteroatoms. The molecule has 0 aliphatic rings. The minimum Gasteiger partial charge on any atom is -0.375 e. The topological polar surface area (TPSA) is 29.9 Å². The maximum Gasteiger partial charge on any atom is 0.178 e. The molecule has 0 aliphatic carbocycles. The lowest BCUT2D eigenvalue weighted by Crippen LogP contribution is -2.07. The average molecular weight is 262 g/mol. The molecule has 0 saturated heterocycles. The summed E-state index contributed by atoms with van der Waals surface area (Å²) >= 11 is 5.33. The smallest absolute Gasteiger partial charge is 0.178 e. The number of aromatic amines is 1. The Bertz CT molecular complexity index is 624. The number of benzene rings is 1. The Balaban J connectivity index is 2.17. The first-order chi connectivity index (χ1) is 8.58. The second-order valence-corrected chi connectivity index (χ2v) is 5.00. The Morgan fingerprint density at radius 1 is 1.50 bits per heavy atom. The van der Waals surface area contributed by atoms with Crippen LogP contribution in [0.1, 0.15) is 12.5 Å². The average Bonchev–Trinajstić information content (AvgIpc) is 2.60. The van der Waals surface area contributed by atoms with Crippen molar-refractivity contribution in [2.45, 2.75) is 20.4 Å². The number of fused-ring (bicyclic) bond motifs is 1. The molecular weight excluding hydrogens is 244 g/mol. The molecule has 18 heavy (non-hydrogen) atoms. The number of aryl methyl sites for hydroxylation is 1. The number of rotatable bonds is 5. The highest BCUT2D eigenvalue weighted by Gasteiger charge is 2.04. The third-order valence-corrected chi connectivity index (χ3v) is 3.06. The van der Waals surface area contributed by atoms with Crippen LogP contribution in [0.3, 0.4) is 0 Å². The number of hydrogen-bond acceptors (Lipinski definition) is 2. The van der Waals surface area contributed by atoms with Crippen molar-refractivity contribution in [2.24, 2.45) is 0 Å². The predicted octanol–water partition coefficient (Wildman–Crippen LogP) is 3.60. The number of ether oxygens (including phenoxy) is 1. The molecule has 2 aromatic rings. The van der Waals surface area contributed by atoms with Gasteiger partial charge in [-0.3, -0.25) is 0 Å². The first kappa shape index (κ1) is 13.1. The van der Waals surface area contributed by atoms with E-state index < -0.39 is 0 Å². The minimum atomic E-state index is 0.606. The van der Waals surface area contributed by atoms with Gasteiger partial charge in [0, 0.05) is 6.54 Å². The number of nitrogens with one attached hydrogen (secondary N) is 1. The van der Waals surface area contributed by atoms with Gasteiger partial charge in [-0.2, -0.15) is 0 Å². The SMILES string of the molecule is C=C(C)COCCn1c(=S)[nH]c2ccc(C)cc21. The molecular formula is C14H18N2OS. The van der Waals surface area contributed by atoms with Crippen LogP contribution in [0, 0.1) is 11.7 Å². The lowest BCUT2D eigenvalue weighted by Gasteiger charge is -2.06. The van der Waals surface area contributed by atoms with E-state index in [0.717, 1.165) is 27.9 Å². The predicted molar refractivity (Wildman–Crippen MR) is 77.5 cm³/mol. The number of H-pyrrole nitrogens is 1. The highest BCUT2D eigenvalue weighted by molar-refractivity contribution is 7.71. The third-order valence-electron chi connectivity index (χ3n) is 2.74. The van der Waals surface area contributed by atoms with Crippen molar-refractivity contribution in [1.29, 1.82) is 0 Å². The molecule has 3 nitrogen and oxygen atoms in total. The molecule has 0 spiro atoms. The molecule has 1 aromatic heterocycles. The van der Waals surface area contributed by atoms with Crippen LogP contribution in [-0.2, 0) is 11.3 Å². The number of imidazole rings is 1. The molecule has 1 aromatic carbocycles. The summed E-state index contributed by atoms with van der Waals surface area (Å²) in [4.78, 5) is 3.21. The highest BCUT2D eigenvalue weighted by Crippen LogP contribution is 2.15. The second-order valence-electron chi connectivity index (χ2n) is 4.61. The molecule has 0 fully saturated rings. The molecule has 1 N–H and O–H groups in total. The van der Waals surface area contributed by atoms with Crippen LogP contribution < -0.4 is 0 Å². The van der Waals surface area contributed by atoms with Crippen molar-refractivity contribution in [3.05, 3.63) is 40.7 Å². The molecule has 0 bridgehead atoms. The largest absolute Gasteiger partial charge is 0.375 e. The third kappa shape index (κ3) is 2.89. The summed E-state index contributed by atoms with van der Waals surface area (Å²) in [6, 6.07) is 6.28. The van der Waals surface area contributed by atoms with Gasteiger partial charge in [0.2, 0.25) is 0 Å². The van der Waals surface area contributed by atoms with Gasteiger partial charge < -0.3 is 14.3 Å². The van der Waals surface area contributed by atoms with Crippen molar-refractivity contribution < 1.29 is 4.74 Å². The summed E-state index contributed by atoms with van der Waals surface area (Å²) in [6.45, 7) is 9.86. The number of aromatic nitrogens is 2. The highest BCUT2D eigenvalue weighted by atomic mass is 32.1. The monoisotopic (exact) mass is 262 g/mol. The Labute approximate surface area is 112 Å². The van der Waals surface area contributed by atoms with Crippen molar-refractivity contribution >= 4 is 23.3 Å². The van der Waals surface area contributed by atoms with Gasteiger partial charge in [-0.05, 0) is 43.8 Å². The zero-order valence-corrected chi connectivity index (χ0v) is 11.6. The standard InChI is InChI=1S/C14H18N2OS/c1-10(2)9-17-7-6-16-13-8-11(3)4-5-12(13)15-14(16)18/h4-5,8H,1,6-7,9H2,2-3H3,(H,15,18). The van der Waals surface area contributed by atoms with Gasteiger partial charge in [0.25, 0.3) is 0 Å². The van der Waals surface area contributed by atoms with E-state index in [1.807, 2.05) is 6.92 Å². The van der Waals surface area contributed by atoms with E-state index in [0.29, 0.717) is 13.2 Å². The van der Waals surface area contributed by atoms with E-state index in [9.17, 15) is 0 Å². The summed E-state index contributed by atoms with van der Waals surface area (Å²) in [5.41, 5.74) is 4.48. The van der Waals surface area contributed by atoms with Crippen LogP contribution in [0.2, 0.25) is 0 Å². The normalized spacial score (nSPS) is 11.0. The van der Waals surface area contributed by atoms with Crippen molar-refractivity contribution in [2.75, 3.05) is 13.2 Å². The Morgan fingerprint density at radius 3 is 3.00 bits per heavy atom. The van der Waals surface area contributed by atoms with E-state index >= 15 is 0 Å². The van der Waals surface area contributed by atoms with Crippen LogP contribution in [0.15, 0.2) is 30.4 Å². The first-order valence-electron chi connectivity index (χ1n) is 5.99. The molecule has 1 heterocycles. The van der Waals surface area contributed by atoms with Crippen molar-refractivity contribution in [3.8, 4) is 0 Å². The van der Waals surface area contributed by atoms with E-state index in [2.05, 4.69) is 41.3 Å². The molecule has 0 aliphatic heterocycles. The zero-order valence-electron chi connectivity index (χ0n) is 10.8. The second kappa shape index (κ2) is 5.50. The fourth-order valence-electron chi connectivity index (χ4n) is 1.89. The lowest BCUT2D eigenvalue weighted by molar-refractivity contribution is 0.148. The van der Waals surface area contributed by atoms with Crippen LogP contribution in [0.5, 0.6) is 0 Å².